The molecule has 0 saturated carbocycles. The standard InChI is InChI=1S/C20H24N6O2/c1-3-28-20-15-12-14(4-5-17(15)25-26(20)2)19(27)22-18-7-6-16(23-24-18)13-8-10-21-11-9-13/h4-7,12-13,21H,3,8-11H2,1-2H3,(H,22,24,27). The monoisotopic (exact) mass is 380 g/mol. The molecule has 1 saturated heterocycles. The Kier molecular flexibility index (Phi) is 5.21. The Balaban J connectivity index is 1.50. The number of ether oxygens (including phenoxy) is 1. The number of hydrogen-bond acceptors (Lipinski definition) is 6. The number of carbonyl (C=O) groups is 1. The number of carbonyl (C=O) groups excluding carboxylic acids is 1. The van der Waals surface area contributed by atoms with E-state index in [1.165, 1.54) is 0 Å². The third-order valence-electron chi connectivity index (χ3n) is 5.01. The molecular formula is C20H24N6O2. The third-order valence-corrected chi connectivity index (χ3v) is 5.01. The molecule has 1 aliphatic heterocycles. The fourth-order valence-electron chi connectivity index (χ4n) is 3.56. The second kappa shape index (κ2) is 7.93. The molecule has 0 radical (unpaired) electrons. The summed E-state index contributed by atoms with van der Waals surface area (Å²) in [7, 11) is 1.82. The van der Waals surface area contributed by atoms with Gasteiger partial charge in [0.15, 0.2) is 5.82 Å². The predicted octanol–water partition coefficient (Wildman–Crippen LogP) is 2.48. The maximum atomic E-state index is 12.7. The minimum absolute atomic E-state index is 0.239. The first-order valence-corrected chi connectivity index (χ1v) is 9.61. The first-order chi connectivity index (χ1) is 13.7. The van der Waals surface area contributed by atoms with E-state index in [0.717, 1.165) is 42.5 Å². The van der Waals surface area contributed by atoms with Crippen molar-refractivity contribution >= 4 is 22.6 Å². The van der Waals surface area contributed by atoms with Gasteiger partial charge in [-0.3, -0.25) is 4.79 Å². The van der Waals surface area contributed by atoms with Crippen molar-refractivity contribution in [2.75, 3.05) is 25.0 Å². The number of anilines is 1. The Hall–Kier alpha value is -3.00. The molecule has 0 atom stereocenters. The van der Waals surface area contributed by atoms with E-state index in [1.807, 2.05) is 32.2 Å². The molecule has 3 heterocycles. The fourth-order valence-corrected chi connectivity index (χ4v) is 3.56. The van der Waals surface area contributed by atoms with Crippen LogP contribution in [0.3, 0.4) is 0 Å². The van der Waals surface area contributed by atoms with Gasteiger partial charge in [-0.25, -0.2) is 4.68 Å². The van der Waals surface area contributed by atoms with Crippen LogP contribution in [0.5, 0.6) is 5.88 Å². The van der Waals surface area contributed by atoms with Gasteiger partial charge in [-0.05, 0) is 63.2 Å². The molecule has 0 aliphatic carbocycles. The van der Waals surface area contributed by atoms with Gasteiger partial charge in [0.25, 0.3) is 5.91 Å². The third kappa shape index (κ3) is 3.68. The van der Waals surface area contributed by atoms with Crippen molar-refractivity contribution in [3.05, 3.63) is 41.6 Å². The molecule has 1 fully saturated rings. The molecule has 1 aliphatic rings. The van der Waals surface area contributed by atoms with E-state index in [2.05, 4.69) is 25.9 Å². The van der Waals surface area contributed by atoms with Crippen molar-refractivity contribution in [1.29, 1.82) is 0 Å². The summed E-state index contributed by atoms with van der Waals surface area (Å²) in [6.45, 7) is 4.46. The molecule has 1 amide bonds. The predicted molar refractivity (Wildman–Crippen MR) is 107 cm³/mol. The average molecular weight is 380 g/mol. The van der Waals surface area contributed by atoms with Crippen LogP contribution in [0.1, 0.15) is 41.7 Å². The van der Waals surface area contributed by atoms with E-state index in [0.29, 0.717) is 29.8 Å². The quantitative estimate of drug-likeness (QED) is 0.706. The molecule has 1 aromatic carbocycles. The lowest BCUT2D eigenvalue weighted by molar-refractivity contribution is 0.102. The summed E-state index contributed by atoms with van der Waals surface area (Å²) in [5.74, 6) is 1.29. The molecule has 2 aromatic heterocycles. The van der Waals surface area contributed by atoms with Crippen LogP contribution in [-0.4, -0.2) is 45.6 Å². The van der Waals surface area contributed by atoms with Crippen LogP contribution in [0.15, 0.2) is 30.3 Å². The first kappa shape index (κ1) is 18.4. The van der Waals surface area contributed by atoms with E-state index in [4.69, 9.17) is 4.74 Å². The van der Waals surface area contributed by atoms with Crippen molar-refractivity contribution in [3.8, 4) is 5.88 Å². The number of aromatic nitrogens is 4. The van der Waals surface area contributed by atoms with Crippen LogP contribution < -0.4 is 15.4 Å². The Morgan fingerprint density at radius 2 is 2.07 bits per heavy atom. The van der Waals surface area contributed by atoms with Crippen molar-refractivity contribution < 1.29 is 9.53 Å². The van der Waals surface area contributed by atoms with E-state index in [9.17, 15) is 4.79 Å². The lowest BCUT2D eigenvalue weighted by Gasteiger charge is -2.21. The molecule has 0 spiro atoms. The number of benzene rings is 1. The summed E-state index contributed by atoms with van der Waals surface area (Å²) in [5, 5.41) is 19.9. The smallest absolute Gasteiger partial charge is 0.256 e. The molecule has 0 unspecified atom stereocenters. The van der Waals surface area contributed by atoms with Gasteiger partial charge in [0.2, 0.25) is 5.88 Å². The zero-order valence-corrected chi connectivity index (χ0v) is 16.1. The zero-order chi connectivity index (χ0) is 19.5. The average Bonchev–Trinajstić information content (AvgIpc) is 3.04. The molecule has 0 bridgehead atoms. The van der Waals surface area contributed by atoms with Crippen molar-refractivity contribution in [2.24, 2.45) is 7.05 Å². The number of nitrogens with one attached hydrogen (secondary N) is 2. The molecule has 8 heteroatoms. The number of nitrogens with zero attached hydrogens (tertiary/aromatic N) is 4. The summed E-state index contributed by atoms with van der Waals surface area (Å²) < 4.78 is 7.34. The van der Waals surface area contributed by atoms with Gasteiger partial charge in [0.1, 0.15) is 0 Å². The summed E-state index contributed by atoms with van der Waals surface area (Å²) in [6.07, 6.45) is 2.13. The summed E-state index contributed by atoms with van der Waals surface area (Å²) in [5.41, 5.74) is 2.29. The Morgan fingerprint density at radius 3 is 2.79 bits per heavy atom. The normalized spacial score (nSPS) is 14.9. The highest BCUT2D eigenvalue weighted by Gasteiger charge is 2.18. The Labute approximate surface area is 163 Å². The van der Waals surface area contributed by atoms with Crippen LogP contribution in [0.25, 0.3) is 10.9 Å². The highest BCUT2D eigenvalue weighted by atomic mass is 16.5. The molecular weight excluding hydrogens is 356 g/mol. The lowest BCUT2D eigenvalue weighted by Crippen LogP contribution is -2.27. The molecule has 146 valence electrons. The number of hydrogen-bond donors (Lipinski definition) is 2. The summed E-state index contributed by atoms with van der Waals surface area (Å²) in [6, 6.07) is 9.13. The Bertz CT molecular complexity index is 976. The van der Waals surface area contributed by atoms with Gasteiger partial charge in [0.05, 0.1) is 23.2 Å². The Morgan fingerprint density at radius 1 is 1.25 bits per heavy atom. The summed E-state index contributed by atoms with van der Waals surface area (Å²) >= 11 is 0. The van der Waals surface area contributed by atoms with Gasteiger partial charge < -0.3 is 15.4 Å². The largest absolute Gasteiger partial charge is 0.478 e. The number of aryl methyl sites for hydroxylation is 1. The zero-order valence-electron chi connectivity index (χ0n) is 16.1. The SMILES string of the molecule is CCOc1c2cc(C(=O)Nc3ccc(C4CCNCC4)nn3)ccc2nn1C. The first-order valence-electron chi connectivity index (χ1n) is 9.61. The van der Waals surface area contributed by atoms with Crippen molar-refractivity contribution in [3.63, 3.8) is 0 Å². The maximum absolute atomic E-state index is 12.7. The van der Waals surface area contributed by atoms with E-state index >= 15 is 0 Å². The topological polar surface area (TPSA) is 94.0 Å². The van der Waals surface area contributed by atoms with Gasteiger partial charge in [-0.1, -0.05) is 0 Å². The summed E-state index contributed by atoms with van der Waals surface area (Å²) in [4.78, 5) is 12.7. The molecule has 3 aromatic rings. The van der Waals surface area contributed by atoms with Crippen LogP contribution in [0.4, 0.5) is 5.82 Å². The highest BCUT2D eigenvalue weighted by Crippen LogP contribution is 2.26. The molecule has 2 N–H and O–H groups in total. The van der Waals surface area contributed by atoms with Gasteiger partial charge >= 0.3 is 0 Å². The number of amides is 1. The number of rotatable bonds is 5. The molecule has 8 nitrogen and oxygen atoms in total. The molecule has 28 heavy (non-hydrogen) atoms. The van der Waals surface area contributed by atoms with E-state index in [-0.39, 0.29) is 5.91 Å². The van der Waals surface area contributed by atoms with Crippen molar-refractivity contribution in [1.82, 2.24) is 25.3 Å². The van der Waals surface area contributed by atoms with Crippen molar-refractivity contribution in [2.45, 2.75) is 25.7 Å². The second-order valence-corrected chi connectivity index (χ2v) is 6.92. The lowest BCUT2D eigenvalue weighted by atomic mass is 9.94. The van der Waals surface area contributed by atoms with Gasteiger partial charge in [-0.2, -0.15) is 10.2 Å². The maximum Gasteiger partial charge on any atom is 0.256 e. The van der Waals surface area contributed by atoms with Gasteiger partial charge in [0, 0.05) is 18.5 Å². The van der Waals surface area contributed by atoms with E-state index < -0.39 is 0 Å². The second-order valence-electron chi connectivity index (χ2n) is 6.92. The number of fused-ring (bicyclic) bond motifs is 1. The minimum atomic E-state index is -0.239. The van der Waals surface area contributed by atoms with Crippen LogP contribution in [-0.2, 0) is 7.05 Å². The fraction of sp³-hybridized carbons (Fsp3) is 0.400. The highest BCUT2D eigenvalue weighted by molar-refractivity contribution is 6.06. The van der Waals surface area contributed by atoms with E-state index in [1.54, 1.807) is 16.8 Å². The van der Waals surface area contributed by atoms with Crippen LogP contribution in [0.2, 0.25) is 0 Å². The van der Waals surface area contributed by atoms with Crippen LogP contribution in [0, 0.1) is 0 Å². The van der Waals surface area contributed by atoms with Gasteiger partial charge in [-0.15, -0.1) is 5.10 Å². The minimum Gasteiger partial charge on any atom is -0.478 e. The molecule has 4 rings (SSSR count). The van der Waals surface area contributed by atoms with Crippen LogP contribution >= 0.6 is 0 Å². The number of piperidine rings is 1.